The van der Waals surface area contributed by atoms with Crippen LogP contribution in [0.1, 0.15) is 0 Å². The first-order valence-electron chi connectivity index (χ1n) is 1.43. The largest absolute Gasteiger partial charge is 1.00 e. The van der Waals surface area contributed by atoms with Crippen molar-refractivity contribution in [1.82, 2.24) is 0 Å². The molecule has 0 spiro atoms. The molecule has 0 heterocycles. The predicted molar refractivity (Wildman–Crippen MR) is 14.5 cm³/mol. The van der Waals surface area contributed by atoms with Crippen LogP contribution >= 0.6 is 7.82 Å². The van der Waals surface area contributed by atoms with Gasteiger partial charge in [0.15, 0.2) is 0 Å². The fraction of sp³-hybridized carbons (Fsp3) is 0. The summed E-state index contributed by atoms with van der Waals surface area (Å²) < 4.78 is 40.9. The fourth-order valence-electron chi connectivity index (χ4n) is 0.119. The second-order valence-corrected chi connectivity index (χ2v) is 6.64. The van der Waals surface area contributed by atoms with Crippen LogP contribution in [0.4, 0.5) is 0 Å². The van der Waals surface area contributed by atoms with Crippen LogP contribution in [0.5, 0.6) is 0 Å². The van der Waals surface area contributed by atoms with Crippen LogP contribution in [0.25, 0.3) is 0 Å². The summed E-state index contributed by atoms with van der Waals surface area (Å²) in [6.45, 7) is 0. The van der Waals surface area contributed by atoms with Crippen molar-refractivity contribution in [2.24, 2.45) is 0 Å². The standard InChI is InChI=1S/Cs.H3O4P.3O.W/c;1-5(2,3)4;;;;/h;(H3,1,2,3,4);;;;/q+1;;;;-1;+1/p-1. The van der Waals surface area contributed by atoms with E-state index in [9.17, 15) is 15.1 Å². The Hall–Kier alpha value is 2.41. The minimum absolute atomic E-state index is 0. The van der Waals surface area contributed by atoms with Crippen LogP contribution in [0.15, 0.2) is 0 Å². The molecule has 56 valence electrons. The summed E-state index contributed by atoms with van der Waals surface area (Å²) in [5, 5.41) is 0. The van der Waals surface area contributed by atoms with Crippen molar-refractivity contribution < 1.29 is 114 Å². The van der Waals surface area contributed by atoms with Crippen LogP contribution in [-0.2, 0) is 31.3 Å². The van der Waals surface area contributed by atoms with E-state index < -0.39 is 24.6 Å². The minimum atomic E-state index is -6.44. The van der Waals surface area contributed by atoms with E-state index in [1.807, 2.05) is 0 Å². The monoisotopic (exact) mass is 462 g/mol. The van der Waals surface area contributed by atoms with Gasteiger partial charge in [0.2, 0.25) is 0 Å². The first kappa shape index (κ1) is 14.9. The molecule has 0 radical (unpaired) electrons. The molecule has 0 aliphatic heterocycles. The van der Waals surface area contributed by atoms with Crippen molar-refractivity contribution in [1.29, 1.82) is 0 Å². The maximum atomic E-state index is 9.57. The van der Waals surface area contributed by atoms with Crippen molar-refractivity contribution in [3.8, 4) is 0 Å². The second kappa shape index (κ2) is 5.21. The molecule has 0 saturated heterocycles. The normalized spacial score (nSPS) is 12.3. The van der Waals surface area contributed by atoms with Gasteiger partial charge in [-0.2, -0.15) is 0 Å². The summed E-state index contributed by atoms with van der Waals surface area (Å²) in [5.41, 5.74) is 0. The molecule has 0 aromatic rings. The zero-order valence-corrected chi connectivity index (χ0v) is 14.9. The first-order valence-corrected chi connectivity index (χ1v) is 7.75. The smallest absolute Gasteiger partial charge is 1.00 e. The molecule has 0 rings (SSSR count). The summed E-state index contributed by atoms with van der Waals surface area (Å²) in [6, 6.07) is 0. The molecule has 0 aliphatic carbocycles. The molecule has 0 fully saturated rings. The van der Waals surface area contributed by atoms with Gasteiger partial charge in [-0.1, -0.05) is 0 Å². The Balaban J connectivity index is 0. The molecule has 0 aliphatic rings. The zero-order chi connectivity index (χ0) is 7.71. The molecule has 2 N–H and O–H groups in total. The van der Waals surface area contributed by atoms with Gasteiger partial charge in [-0.3, -0.25) is 0 Å². The van der Waals surface area contributed by atoms with Crippen LogP contribution < -0.4 is 72.7 Å². The Kier molecular flexibility index (Phi) is 7.76. The Bertz CT molecular complexity index is 220. The third-order valence-corrected chi connectivity index (χ3v) is 4.63. The summed E-state index contributed by atoms with van der Waals surface area (Å²) >= 11 is -6.44. The number of rotatable bonds is 2. The molecular weight excluding hydrogens is 460 g/mol. The summed E-state index contributed by atoms with van der Waals surface area (Å²) in [7, 11) is -5.13. The fourth-order valence-corrected chi connectivity index (χ4v) is 2.92. The average Bonchev–Trinajstić information content (AvgIpc) is 1.14. The van der Waals surface area contributed by atoms with Gasteiger partial charge in [-0.25, -0.2) is 0 Å². The minimum Gasteiger partial charge on any atom is 1.00 e. The van der Waals surface area contributed by atoms with Gasteiger partial charge in [0.25, 0.3) is 0 Å². The molecule has 10 heteroatoms. The Morgan fingerprint density at radius 2 is 1.70 bits per heavy atom. The Morgan fingerprint density at radius 1 is 1.40 bits per heavy atom. The van der Waals surface area contributed by atoms with Crippen molar-refractivity contribution in [3.05, 3.63) is 0 Å². The molecule has 0 amide bonds. The van der Waals surface area contributed by atoms with Gasteiger partial charge in [0.05, 0.1) is 0 Å². The molecule has 0 aromatic carbocycles. The molecule has 10 heavy (non-hydrogen) atoms. The molecule has 0 bridgehead atoms. The van der Waals surface area contributed by atoms with E-state index in [2.05, 4.69) is 3.18 Å². The van der Waals surface area contributed by atoms with E-state index in [1.165, 1.54) is 0 Å². The van der Waals surface area contributed by atoms with Crippen LogP contribution in [0.2, 0.25) is 0 Å². The molecule has 0 aromatic heterocycles. The van der Waals surface area contributed by atoms with E-state index in [1.54, 1.807) is 0 Å². The van der Waals surface area contributed by atoms with Crippen LogP contribution in [0, 0.1) is 0 Å². The number of hydrogen-bond donors (Lipinski definition) is 2. The van der Waals surface area contributed by atoms with Gasteiger partial charge in [-0.15, -0.1) is 0 Å². The van der Waals surface area contributed by atoms with Gasteiger partial charge in [0, 0.05) is 0 Å². The van der Waals surface area contributed by atoms with E-state index in [0.29, 0.717) is 0 Å². The number of hydrogen-bond acceptors (Lipinski definition) is 5. The topological polar surface area (TPSA) is 124 Å². The van der Waals surface area contributed by atoms with Crippen molar-refractivity contribution in [2.45, 2.75) is 0 Å². The quantitative estimate of drug-likeness (QED) is 0.395. The molecule has 0 unspecified atom stereocenters. The third kappa shape index (κ3) is 13.0. The maximum Gasteiger partial charge on any atom is 1.00 e. The molecule has 0 atom stereocenters. The van der Waals surface area contributed by atoms with E-state index in [4.69, 9.17) is 9.79 Å². The predicted octanol–water partition coefficient (Wildman–Crippen LogP) is -4.87. The van der Waals surface area contributed by atoms with Gasteiger partial charge < -0.3 is 0 Å². The molecular formula is H2CsO7PW. The summed E-state index contributed by atoms with van der Waals surface area (Å²) in [6.07, 6.45) is 0. The van der Waals surface area contributed by atoms with Gasteiger partial charge in [-0.05, 0) is 0 Å². The molecule has 0 saturated carbocycles. The van der Waals surface area contributed by atoms with Crippen molar-refractivity contribution in [3.63, 3.8) is 0 Å². The van der Waals surface area contributed by atoms with E-state index in [-0.39, 0.29) is 68.9 Å². The Morgan fingerprint density at radius 3 is 1.70 bits per heavy atom. The molecule has 7 nitrogen and oxygen atoms in total. The first-order chi connectivity index (χ1) is 3.71. The van der Waals surface area contributed by atoms with Gasteiger partial charge in [0.1, 0.15) is 0 Å². The van der Waals surface area contributed by atoms with Crippen LogP contribution in [0.3, 0.4) is 0 Å². The van der Waals surface area contributed by atoms with Crippen molar-refractivity contribution >= 4 is 7.82 Å². The van der Waals surface area contributed by atoms with Crippen molar-refractivity contribution in [2.75, 3.05) is 0 Å². The zero-order valence-electron chi connectivity index (χ0n) is 4.79. The van der Waals surface area contributed by atoms with E-state index in [0.717, 1.165) is 0 Å². The third-order valence-electron chi connectivity index (χ3n) is 0.188. The summed E-state index contributed by atoms with van der Waals surface area (Å²) in [5.74, 6) is 0. The van der Waals surface area contributed by atoms with E-state index >= 15 is 0 Å². The number of phosphoric acid groups is 1. The summed E-state index contributed by atoms with van der Waals surface area (Å²) in [4.78, 5) is 15.4. The SMILES string of the molecule is O=P(O)(O)[O][W](=[O])(=[O])[O-].[Cs+]. The average molecular weight is 462 g/mol. The van der Waals surface area contributed by atoms with Crippen LogP contribution in [-0.4, -0.2) is 9.79 Å². The van der Waals surface area contributed by atoms with Gasteiger partial charge >= 0.3 is 122 Å². The maximum absolute atomic E-state index is 9.57. The Labute approximate surface area is 119 Å². The second-order valence-electron chi connectivity index (χ2n) is 0.973.